The van der Waals surface area contributed by atoms with Gasteiger partial charge in [0, 0.05) is 23.6 Å². The lowest BCUT2D eigenvalue weighted by Crippen LogP contribution is -2.55. The highest BCUT2D eigenvalue weighted by Gasteiger charge is 2.54. The molecule has 4 nitrogen and oxygen atoms in total. The first-order valence-corrected chi connectivity index (χ1v) is 21.7. The summed E-state index contributed by atoms with van der Waals surface area (Å²) in [5, 5.41) is 0.455. The second-order valence-corrected chi connectivity index (χ2v) is 25.5. The molecule has 0 bridgehead atoms. The van der Waals surface area contributed by atoms with Crippen LogP contribution >= 0.6 is 22.6 Å². The molecule has 0 N–H and O–H groups in total. The summed E-state index contributed by atoms with van der Waals surface area (Å²) in [6.45, 7) is 32.4. The van der Waals surface area contributed by atoms with Gasteiger partial charge in [-0.2, -0.15) is 0 Å². The van der Waals surface area contributed by atoms with Crippen molar-refractivity contribution in [1.82, 2.24) is 0 Å². The van der Waals surface area contributed by atoms with Crippen molar-refractivity contribution in [2.75, 3.05) is 31.5 Å². The summed E-state index contributed by atoms with van der Waals surface area (Å²) in [5.74, 6) is 0.448. The number of rotatable bonds is 13. The fraction of sp³-hybridized carbons (Fsp3) is 0.933. The number of alkyl halides is 1. The molecule has 3 atom stereocenters. The quantitative estimate of drug-likeness (QED) is 0.0489. The lowest BCUT2D eigenvalue weighted by Gasteiger charge is -2.56. The highest BCUT2D eigenvalue weighted by atomic mass is 127. The van der Waals surface area contributed by atoms with Gasteiger partial charge in [-0.1, -0.05) is 76.6 Å². The third-order valence-electron chi connectivity index (χ3n) is 10.3. The maximum absolute atomic E-state index is 6.72. The lowest BCUT2D eigenvalue weighted by molar-refractivity contribution is -0.200. The van der Waals surface area contributed by atoms with Crippen molar-refractivity contribution in [3.63, 3.8) is 0 Å². The summed E-state index contributed by atoms with van der Waals surface area (Å²) < 4.78 is 26.4. The fourth-order valence-corrected chi connectivity index (χ4v) is 8.30. The average Bonchev–Trinajstić information content (AvgIpc) is 2.75. The smallest absolute Gasteiger partial charge is 0.192 e. The molecular weight excluding hydrogens is 607 g/mol. The van der Waals surface area contributed by atoms with Crippen LogP contribution in [0.4, 0.5) is 0 Å². The van der Waals surface area contributed by atoms with E-state index in [9.17, 15) is 0 Å². The Bertz CT molecular complexity index is 754. The Labute approximate surface area is 246 Å². The molecule has 0 aromatic heterocycles. The molecule has 0 radical (unpaired) electrons. The number of hydrogen-bond donors (Lipinski definition) is 0. The van der Waals surface area contributed by atoms with Gasteiger partial charge in [-0.05, 0) is 93.7 Å². The first-order chi connectivity index (χ1) is 16.7. The Morgan fingerprint density at radius 2 is 1.51 bits per heavy atom. The van der Waals surface area contributed by atoms with Crippen LogP contribution in [-0.4, -0.2) is 53.8 Å². The Kier molecular flexibility index (Phi) is 13.2. The minimum Gasteiger partial charge on any atom is -0.417 e. The molecule has 1 aliphatic carbocycles. The van der Waals surface area contributed by atoms with Crippen molar-refractivity contribution in [1.29, 1.82) is 0 Å². The van der Waals surface area contributed by atoms with Crippen LogP contribution in [0.25, 0.3) is 0 Å². The first-order valence-electron chi connectivity index (χ1n) is 14.3. The van der Waals surface area contributed by atoms with E-state index in [-0.39, 0.29) is 21.1 Å². The van der Waals surface area contributed by atoms with Crippen LogP contribution in [-0.2, 0) is 18.3 Å². The normalized spacial score (nSPS) is 27.5. The van der Waals surface area contributed by atoms with Crippen molar-refractivity contribution in [3.8, 4) is 0 Å². The van der Waals surface area contributed by atoms with Crippen molar-refractivity contribution < 1.29 is 18.3 Å². The second kappa shape index (κ2) is 13.6. The van der Waals surface area contributed by atoms with Gasteiger partial charge in [0.25, 0.3) is 0 Å². The average molecular weight is 669 g/mol. The van der Waals surface area contributed by atoms with Crippen LogP contribution < -0.4 is 0 Å². The zero-order valence-corrected chi connectivity index (χ0v) is 31.1. The number of methoxy groups -OCH3 is 1. The van der Waals surface area contributed by atoms with Gasteiger partial charge in [-0.25, -0.2) is 0 Å². The Balaban J connectivity index is 3.32. The van der Waals surface area contributed by atoms with E-state index in [1.165, 1.54) is 5.57 Å². The molecule has 37 heavy (non-hydrogen) atoms. The molecule has 220 valence electrons. The Morgan fingerprint density at radius 3 is 2.00 bits per heavy atom. The summed E-state index contributed by atoms with van der Waals surface area (Å²) in [6.07, 6.45) is 5.42. The first kappa shape index (κ1) is 35.8. The van der Waals surface area contributed by atoms with Gasteiger partial charge in [0.15, 0.2) is 16.6 Å². The third kappa shape index (κ3) is 8.86. The SMILES string of the molecule is COCO[C@@]1(C)CC/C(=C(\C)CO[Si](C)(C)C(C)(C)C)[C@@H](CCCO[Si](C)(C)C(C)(C)C)[C@]1(C)CCI. The minimum absolute atomic E-state index is 0.0233. The van der Waals surface area contributed by atoms with Gasteiger partial charge in [0.2, 0.25) is 0 Å². The maximum atomic E-state index is 6.72. The third-order valence-corrected chi connectivity index (χ3v) is 19.8. The van der Waals surface area contributed by atoms with Crippen LogP contribution in [0.1, 0.15) is 94.4 Å². The Morgan fingerprint density at radius 1 is 0.973 bits per heavy atom. The summed E-state index contributed by atoms with van der Waals surface area (Å²) in [4.78, 5) is 0. The zero-order valence-electron chi connectivity index (χ0n) is 27.0. The molecule has 0 aliphatic heterocycles. The van der Waals surface area contributed by atoms with E-state index in [0.717, 1.165) is 49.7 Å². The van der Waals surface area contributed by atoms with Crippen molar-refractivity contribution in [2.24, 2.45) is 11.3 Å². The minimum atomic E-state index is -1.81. The predicted octanol–water partition coefficient (Wildman–Crippen LogP) is 9.75. The maximum Gasteiger partial charge on any atom is 0.192 e. The molecular formula is C30H61IO4Si2. The zero-order chi connectivity index (χ0) is 28.9. The van der Waals surface area contributed by atoms with Crippen molar-refractivity contribution >= 4 is 39.2 Å². The van der Waals surface area contributed by atoms with E-state index in [1.54, 1.807) is 12.7 Å². The molecule has 0 saturated heterocycles. The van der Waals surface area contributed by atoms with E-state index in [4.69, 9.17) is 18.3 Å². The highest BCUT2D eigenvalue weighted by molar-refractivity contribution is 14.1. The van der Waals surface area contributed by atoms with E-state index < -0.39 is 16.6 Å². The van der Waals surface area contributed by atoms with Crippen LogP contribution in [0.3, 0.4) is 0 Å². The van der Waals surface area contributed by atoms with Crippen molar-refractivity contribution in [2.45, 2.75) is 136 Å². The van der Waals surface area contributed by atoms with Crippen LogP contribution in [0.15, 0.2) is 11.1 Å². The van der Waals surface area contributed by atoms with Crippen molar-refractivity contribution in [3.05, 3.63) is 11.1 Å². The molecule has 0 aromatic carbocycles. The molecule has 1 rings (SSSR count). The van der Waals surface area contributed by atoms with Gasteiger partial charge in [0.05, 0.1) is 12.2 Å². The summed E-state index contributed by atoms with van der Waals surface area (Å²) in [6, 6.07) is 0. The number of allylic oxidation sites excluding steroid dienone is 1. The van der Waals surface area contributed by atoms with Gasteiger partial charge < -0.3 is 18.3 Å². The summed E-state index contributed by atoms with van der Waals surface area (Å²) in [7, 11) is -1.83. The van der Waals surface area contributed by atoms with Gasteiger partial charge in [0.1, 0.15) is 6.79 Å². The van der Waals surface area contributed by atoms with E-state index in [1.807, 2.05) is 0 Å². The molecule has 7 heteroatoms. The lowest BCUT2D eigenvalue weighted by atomic mass is 9.54. The molecule has 0 aromatic rings. The largest absolute Gasteiger partial charge is 0.417 e. The number of halogens is 1. The number of hydrogen-bond acceptors (Lipinski definition) is 4. The second-order valence-electron chi connectivity index (χ2n) is 14.8. The van der Waals surface area contributed by atoms with Gasteiger partial charge >= 0.3 is 0 Å². The molecule has 0 spiro atoms. The van der Waals surface area contributed by atoms with Gasteiger partial charge in [-0.15, -0.1) is 0 Å². The summed E-state index contributed by atoms with van der Waals surface area (Å²) >= 11 is 2.55. The molecule has 1 fully saturated rings. The monoisotopic (exact) mass is 668 g/mol. The Hall–Kier alpha value is 0.744. The standard InChI is InChI=1S/C30H61IO4Si2/c1-24(22-35-37(13,14)28(5,6)7)25-17-18-30(9,33-23-32-10)29(8,19-20-31)26(25)16-15-21-34-36(11,12)27(2,3)4/h26H,15-23H2,1-14H3/b25-24-/t26-,29+,30+/m1/s1. The van der Waals surface area contributed by atoms with Crippen LogP contribution in [0, 0.1) is 11.3 Å². The molecule has 0 amide bonds. The van der Waals surface area contributed by atoms with E-state index in [0.29, 0.717) is 12.7 Å². The fourth-order valence-electron chi connectivity index (χ4n) is 5.08. The number of ether oxygens (including phenoxy) is 2. The molecule has 1 saturated carbocycles. The molecule has 1 aliphatic rings. The van der Waals surface area contributed by atoms with Gasteiger partial charge in [-0.3, -0.25) is 0 Å². The van der Waals surface area contributed by atoms with Crippen LogP contribution in [0.2, 0.25) is 36.3 Å². The predicted molar refractivity (Wildman–Crippen MR) is 174 cm³/mol. The van der Waals surface area contributed by atoms with E-state index in [2.05, 4.69) is 111 Å². The summed E-state index contributed by atoms with van der Waals surface area (Å²) in [5.41, 5.74) is 2.85. The topological polar surface area (TPSA) is 36.9 Å². The van der Waals surface area contributed by atoms with Crippen LogP contribution in [0.5, 0.6) is 0 Å². The van der Waals surface area contributed by atoms with E-state index >= 15 is 0 Å². The molecule has 0 heterocycles. The highest BCUT2D eigenvalue weighted by Crippen LogP contribution is 2.56. The molecule has 0 unspecified atom stereocenters.